The molecular formula is C26H27N5O3S. The lowest BCUT2D eigenvalue weighted by molar-refractivity contribution is -0.126. The molecule has 1 saturated heterocycles. The van der Waals surface area contributed by atoms with E-state index in [1.807, 2.05) is 6.07 Å². The van der Waals surface area contributed by atoms with E-state index in [0.29, 0.717) is 27.7 Å². The van der Waals surface area contributed by atoms with Crippen LogP contribution in [0.15, 0.2) is 54.9 Å². The van der Waals surface area contributed by atoms with Crippen LogP contribution in [-0.4, -0.2) is 51.6 Å². The van der Waals surface area contributed by atoms with Crippen molar-refractivity contribution in [3.8, 4) is 0 Å². The number of piperidine rings is 1. The molecule has 2 aliphatic rings. The van der Waals surface area contributed by atoms with Crippen LogP contribution >= 0.6 is 11.3 Å². The Kier molecular flexibility index (Phi) is 6.96. The van der Waals surface area contributed by atoms with E-state index in [1.54, 1.807) is 18.3 Å². The summed E-state index contributed by atoms with van der Waals surface area (Å²) in [7, 11) is 0. The average Bonchev–Trinajstić information content (AvgIpc) is 3.29. The summed E-state index contributed by atoms with van der Waals surface area (Å²) in [4.78, 5) is 49.5. The highest BCUT2D eigenvalue weighted by molar-refractivity contribution is 7.17. The molecule has 8 nitrogen and oxygen atoms in total. The molecule has 2 aromatic heterocycles. The molecule has 1 unspecified atom stereocenters. The van der Waals surface area contributed by atoms with Crippen LogP contribution in [-0.2, 0) is 17.8 Å². The maximum absolute atomic E-state index is 13.0. The van der Waals surface area contributed by atoms with Crippen molar-refractivity contribution in [3.05, 3.63) is 76.6 Å². The summed E-state index contributed by atoms with van der Waals surface area (Å²) in [5.74, 6) is -0.936. The first-order valence-electron chi connectivity index (χ1n) is 11.9. The van der Waals surface area contributed by atoms with Gasteiger partial charge in [-0.1, -0.05) is 41.7 Å². The number of nitrogens with zero attached hydrogens (tertiary/aromatic N) is 3. The fourth-order valence-electron chi connectivity index (χ4n) is 4.63. The van der Waals surface area contributed by atoms with Crippen LogP contribution in [0.25, 0.3) is 0 Å². The highest BCUT2D eigenvalue weighted by Crippen LogP contribution is 2.32. The standard InChI is InChI=1S/C26H27N5O3S/c32-22-14-19(13-21-23(22)35-26(29-21)30-24(33)18-7-4-10-27-15-18)25(34)28-20-8-11-31(12-9-20)16-17-5-2-1-3-6-17/h1-7,10,15,19-20H,8-9,11-14,16H2,(H,28,34)(H,29,30,33). The third-order valence-electron chi connectivity index (χ3n) is 6.52. The SMILES string of the molecule is O=C(Nc1nc2c(s1)C(=O)CC(C(=O)NC1CCN(Cc3ccccc3)CC1)C2)c1cccnc1. The van der Waals surface area contributed by atoms with Gasteiger partial charge in [-0.3, -0.25) is 29.6 Å². The summed E-state index contributed by atoms with van der Waals surface area (Å²) in [6.07, 6.45) is 5.43. The number of ketones is 1. The smallest absolute Gasteiger partial charge is 0.259 e. The molecule has 2 N–H and O–H groups in total. The number of benzene rings is 1. The van der Waals surface area contributed by atoms with Gasteiger partial charge in [-0.2, -0.15) is 0 Å². The van der Waals surface area contributed by atoms with Crippen LogP contribution in [0.2, 0.25) is 0 Å². The number of rotatable bonds is 6. The molecule has 180 valence electrons. The lowest BCUT2D eigenvalue weighted by Gasteiger charge is -2.33. The number of carbonyl (C=O) groups is 3. The number of thiazole rings is 1. The number of Topliss-reactive ketones (excluding diaryl/α,β-unsaturated/α-hetero) is 1. The van der Waals surface area contributed by atoms with E-state index < -0.39 is 5.92 Å². The van der Waals surface area contributed by atoms with Gasteiger partial charge >= 0.3 is 0 Å². The number of likely N-dealkylation sites (tertiary alicyclic amines) is 1. The minimum absolute atomic E-state index is 0.0838. The number of pyridine rings is 1. The second-order valence-corrected chi connectivity index (χ2v) is 10.1. The summed E-state index contributed by atoms with van der Waals surface area (Å²) >= 11 is 1.17. The summed E-state index contributed by atoms with van der Waals surface area (Å²) in [5, 5.41) is 6.27. The topological polar surface area (TPSA) is 104 Å². The van der Waals surface area contributed by atoms with E-state index in [0.717, 1.165) is 32.5 Å². The van der Waals surface area contributed by atoms with Crippen LogP contribution < -0.4 is 10.6 Å². The summed E-state index contributed by atoms with van der Waals surface area (Å²) in [6, 6.07) is 13.9. The zero-order valence-electron chi connectivity index (χ0n) is 19.3. The highest BCUT2D eigenvalue weighted by atomic mass is 32.1. The minimum Gasteiger partial charge on any atom is -0.353 e. The molecule has 5 rings (SSSR count). The molecule has 2 amide bonds. The maximum Gasteiger partial charge on any atom is 0.259 e. The van der Waals surface area contributed by atoms with Gasteiger partial charge in [0, 0.05) is 50.9 Å². The van der Waals surface area contributed by atoms with E-state index >= 15 is 0 Å². The molecule has 35 heavy (non-hydrogen) atoms. The van der Waals surface area contributed by atoms with Crippen LogP contribution in [0.4, 0.5) is 5.13 Å². The lowest BCUT2D eigenvalue weighted by Crippen LogP contribution is -2.47. The van der Waals surface area contributed by atoms with Crippen molar-refractivity contribution in [2.75, 3.05) is 18.4 Å². The van der Waals surface area contributed by atoms with Gasteiger partial charge in [0.2, 0.25) is 5.91 Å². The molecule has 0 saturated carbocycles. The summed E-state index contributed by atoms with van der Waals surface area (Å²) < 4.78 is 0. The fraction of sp³-hybridized carbons (Fsp3) is 0.346. The molecule has 1 atom stereocenters. The Balaban J connectivity index is 1.14. The van der Waals surface area contributed by atoms with Crippen molar-refractivity contribution < 1.29 is 14.4 Å². The number of anilines is 1. The first-order valence-corrected chi connectivity index (χ1v) is 12.7. The van der Waals surface area contributed by atoms with E-state index in [1.165, 1.54) is 23.1 Å². The molecule has 1 aromatic carbocycles. The van der Waals surface area contributed by atoms with Crippen molar-refractivity contribution in [2.45, 2.75) is 38.3 Å². The highest BCUT2D eigenvalue weighted by Gasteiger charge is 2.34. The first-order chi connectivity index (χ1) is 17.0. The zero-order chi connectivity index (χ0) is 24.2. The Morgan fingerprint density at radius 1 is 1.06 bits per heavy atom. The molecule has 9 heteroatoms. The Labute approximate surface area is 207 Å². The number of aromatic nitrogens is 2. The fourth-order valence-corrected chi connectivity index (χ4v) is 5.57. The van der Waals surface area contributed by atoms with Crippen molar-refractivity contribution in [1.82, 2.24) is 20.2 Å². The molecule has 0 radical (unpaired) electrons. The minimum atomic E-state index is -0.429. The number of nitrogens with one attached hydrogen (secondary N) is 2. The van der Waals surface area contributed by atoms with Gasteiger partial charge in [0.15, 0.2) is 10.9 Å². The number of carbonyl (C=O) groups excluding carboxylic acids is 3. The van der Waals surface area contributed by atoms with Gasteiger partial charge in [0.25, 0.3) is 5.91 Å². The van der Waals surface area contributed by atoms with Crippen molar-refractivity contribution in [3.63, 3.8) is 0 Å². The van der Waals surface area contributed by atoms with Crippen molar-refractivity contribution >= 4 is 34.1 Å². The number of fused-ring (bicyclic) bond motifs is 1. The third-order valence-corrected chi connectivity index (χ3v) is 7.57. The second-order valence-electron chi connectivity index (χ2n) is 9.06. The average molecular weight is 490 g/mol. The predicted octanol–water partition coefficient (Wildman–Crippen LogP) is 3.32. The van der Waals surface area contributed by atoms with Gasteiger partial charge in [0.05, 0.1) is 22.1 Å². The second kappa shape index (κ2) is 10.5. The Morgan fingerprint density at radius 2 is 1.86 bits per heavy atom. The van der Waals surface area contributed by atoms with Crippen molar-refractivity contribution in [2.24, 2.45) is 5.92 Å². The molecule has 1 aliphatic heterocycles. The Bertz CT molecular complexity index is 1210. The van der Waals surface area contributed by atoms with Gasteiger partial charge < -0.3 is 5.32 Å². The molecule has 0 bridgehead atoms. The Morgan fingerprint density at radius 3 is 2.60 bits per heavy atom. The monoisotopic (exact) mass is 489 g/mol. The van der Waals surface area contributed by atoms with Crippen LogP contribution in [0, 0.1) is 5.92 Å². The first kappa shape index (κ1) is 23.3. The van der Waals surface area contributed by atoms with Gasteiger partial charge in [-0.25, -0.2) is 4.98 Å². The van der Waals surface area contributed by atoms with E-state index in [4.69, 9.17) is 0 Å². The molecule has 3 heterocycles. The lowest BCUT2D eigenvalue weighted by atomic mass is 9.89. The predicted molar refractivity (Wildman–Crippen MR) is 133 cm³/mol. The molecule has 0 spiro atoms. The van der Waals surface area contributed by atoms with E-state index in [9.17, 15) is 14.4 Å². The quantitative estimate of drug-likeness (QED) is 0.551. The van der Waals surface area contributed by atoms with E-state index in [2.05, 4.69) is 49.8 Å². The van der Waals surface area contributed by atoms with Crippen LogP contribution in [0.3, 0.4) is 0 Å². The molecule has 1 aliphatic carbocycles. The van der Waals surface area contributed by atoms with E-state index in [-0.39, 0.29) is 30.1 Å². The van der Waals surface area contributed by atoms with Gasteiger partial charge in [-0.15, -0.1) is 0 Å². The van der Waals surface area contributed by atoms with Crippen LogP contribution in [0.1, 0.15) is 50.5 Å². The normalized spacial score (nSPS) is 18.6. The molecular weight excluding hydrogens is 462 g/mol. The van der Waals surface area contributed by atoms with Gasteiger partial charge in [-0.05, 0) is 30.5 Å². The maximum atomic E-state index is 13.0. The van der Waals surface area contributed by atoms with Crippen LogP contribution in [0.5, 0.6) is 0 Å². The zero-order valence-corrected chi connectivity index (χ0v) is 20.1. The largest absolute Gasteiger partial charge is 0.353 e. The summed E-state index contributed by atoms with van der Waals surface area (Å²) in [5.41, 5.74) is 2.30. The van der Waals surface area contributed by atoms with Crippen molar-refractivity contribution in [1.29, 1.82) is 0 Å². The number of hydrogen-bond acceptors (Lipinski definition) is 7. The molecule has 3 aromatic rings. The number of amides is 2. The summed E-state index contributed by atoms with van der Waals surface area (Å²) in [6.45, 7) is 2.78. The van der Waals surface area contributed by atoms with Gasteiger partial charge in [0.1, 0.15) is 0 Å². The Hall–Kier alpha value is -3.43. The number of hydrogen-bond donors (Lipinski definition) is 2. The third kappa shape index (κ3) is 5.63. The molecule has 1 fully saturated rings.